The Bertz CT molecular complexity index is 888. The molecular formula is C23H25F3N2O2. The van der Waals surface area contributed by atoms with Gasteiger partial charge in [0.2, 0.25) is 5.91 Å². The van der Waals surface area contributed by atoms with E-state index in [1.54, 1.807) is 4.90 Å². The Balaban J connectivity index is 1.40. The van der Waals surface area contributed by atoms with E-state index in [0.717, 1.165) is 16.9 Å². The lowest BCUT2D eigenvalue weighted by Gasteiger charge is -2.32. The molecule has 2 aliphatic rings. The Kier molecular flexibility index (Phi) is 5.73. The molecule has 2 aromatic rings. The fraction of sp³-hybridized carbons (Fsp3) is 0.435. The lowest BCUT2D eigenvalue weighted by atomic mass is 9.84. The summed E-state index contributed by atoms with van der Waals surface area (Å²) >= 11 is 0. The van der Waals surface area contributed by atoms with E-state index in [1.165, 1.54) is 0 Å². The van der Waals surface area contributed by atoms with Crippen molar-refractivity contribution in [2.24, 2.45) is 11.3 Å². The van der Waals surface area contributed by atoms with Crippen LogP contribution in [-0.4, -0.2) is 43.2 Å². The van der Waals surface area contributed by atoms with E-state index in [9.17, 15) is 18.0 Å². The van der Waals surface area contributed by atoms with Gasteiger partial charge in [-0.3, -0.25) is 9.69 Å². The molecule has 2 heterocycles. The molecule has 4 nitrogen and oxygen atoms in total. The van der Waals surface area contributed by atoms with E-state index < -0.39 is 17.5 Å². The van der Waals surface area contributed by atoms with E-state index >= 15 is 0 Å². The van der Waals surface area contributed by atoms with Crippen molar-refractivity contribution >= 4 is 5.91 Å². The molecule has 7 heteroatoms. The van der Waals surface area contributed by atoms with Gasteiger partial charge in [-0.2, -0.15) is 13.2 Å². The highest BCUT2D eigenvalue weighted by Gasteiger charge is 2.62. The van der Waals surface area contributed by atoms with Crippen molar-refractivity contribution in [1.82, 2.24) is 10.2 Å². The van der Waals surface area contributed by atoms with Gasteiger partial charge in [0.1, 0.15) is 5.75 Å². The van der Waals surface area contributed by atoms with Crippen molar-refractivity contribution in [2.75, 3.05) is 26.2 Å². The molecule has 2 aromatic carbocycles. The molecule has 0 bridgehead atoms. The number of carbonyl (C=O) groups is 1. The van der Waals surface area contributed by atoms with E-state index in [1.807, 2.05) is 54.6 Å². The van der Waals surface area contributed by atoms with Gasteiger partial charge in [-0.1, -0.05) is 48.5 Å². The van der Waals surface area contributed by atoms with Crippen molar-refractivity contribution in [3.8, 4) is 5.75 Å². The normalized spacial score (nSPS) is 24.2. The third-order valence-corrected chi connectivity index (χ3v) is 6.08. The van der Waals surface area contributed by atoms with Crippen molar-refractivity contribution in [2.45, 2.75) is 25.6 Å². The lowest BCUT2D eigenvalue weighted by molar-refractivity contribution is -0.218. The maximum absolute atomic E-state index is 14.0. The third kappa shape index (κ3) is 4.17. The van der Waals surface area contributed by atoms with Crippen molar-refractivity contribution in [3.05, 3.63) is 65.7 Å². The van der Waals surface area contributed by atoms with E-state index in [2.05, 4.69) is 5.32 Å². The Morgan fingerprint density at radius 2 is 1.87 bits per heavy atom. The van der Waals surface area contributed by atoms with Crippen LogP contribution in [0.1, 0.15) is 17.5 Å². The summed E-state index contributed by atoms with van der Waals surface area (Å²) in [5, 5.41) is 2.59. The first-order valence-corrected chi connectivity index (χ1v) is 10.2. The van der Waals surface area contributed by atoms with Gasteiger partial charge in [0.15, 0.2) is 5.41 Å². The number of alkyl halides is 3. The second-order valence-corrected chi connectivity index (χ2v) is 8.23. The Hall–Kier alpha value is -2.54. The van der Waals surface area contributed by atoms with Crippen LogP contribution in [-0.2, 0) is 17.8 Å². The van der Waals surface area contributed by atoms with Gasteiger partial charge in [-0.15, -0.1) is 0 Å². The van der Waals surface area contributed by atoms with E-state index in [4.69, 9.17) is 4.74 Å². The minimum Gasteiger partial charge on any atom is -0.493 e. The summed E-state index contributed by atoms with van der Waals surface area (Å²) in [5.74, 6) is -0.167. The molecule has 0 aromatic heterocycles. The number of amides is 1. The predicted molar refractivity (Wildman–Crippen MR) is 107 cm³/mol. The number of hydrogen-bond acceptors (Lipinski definition) is 3. The molecule has 0 aliphatic carbocycles. The monoisotopic (exact) mass is 418 g/mol. The Morgan fingerprint density at radius 3 is 2.63 bits per heavy atom. The molecular weight excluding hydrogens is 393 g/mol. The molecule has 1 N–H and O–H groups in total. The number of halogens is 3. The first kappa shape index (κ1) is 20.7. The number of fused-ring (bicyclic) bond motifs is 1. The number of rotatable bonds is 5. The average Bonchev–Trinajstić information content (AvgIpc) is 3.18. The molecule has 160 valence electrons. The summed E-state index contributed by atoms with van der Waals surface area (Å²) in [6.07, 6.45) is -4.15. The predicted octanol–water partition coefficient (Wildman–Crippen LogP) is 3.81. The first-order chi connectivity index (χ1) is 14.4. The Labute approximate surface area is 174 Å². The number of likely N-dealkylation sites (tertiary alicyclic amines) is 1. The number of hydrogen-bond donors (Lipinski definition) is 1. The van der Waals surface area contributed by atoms with Crippen molar-refractivity contribution in [3.63, 3.8) is 0 Å². The number of ether oxygens (including phenoxy) is 1. The summed E-state index contributed by atoms with van der Waals surface area (Å²) in [7, 11) is 0. The van der Waals surface area contributed by atoms with Crippen molar-refractivity contribution in [1.29, 1.82) is 0 Å². The number of carbonyl (C=O) groups excluding carboxylic acids is 1. The summed E-state index contributed by atoms with van der Waals surface area (Å²) in [4.78, 5) is 14.5. The third-order valence-electron chi connectivity index (χ3n) is 6.08. The summed E-state index contributed by atoms with van der Waals surface area (Å²) in [6.45, 7) is 0.877. The molecule has 0 saturated carbocycles. The van der Waals surface area contributed by atoms with Gasteiger partial charge in [0, 0.05) is 25.6 Å². The molecule has 4 rings (SSSR count). The fourth-order valence-electron chi connectivity index (χ4n) is 4.34. The van der Waals surface area contributed by atoms with Gasteiger partial charge < -0.3 is 10.1 Å². The number of para-hydroxylation sites is 1. The van der Waals surface area contributed by atoms with Crippen LogP contribution in [0.3, 0.4) is 0 Å². The molecule has 0 spiro atoms. The van der Waals surface area contributed by atoms with Crippen molar-refractivity contribution < 1.29 is 22.7 Å². The highest BCUT2D eigenvalue weighted by Crippen LogP contribution is 2.46. The lowest BCUT2D eigenvalue weighted by Crippen LogP contribution is -2.53. The fourth-order valence-corrected chi connectivity index (χ4v) is 4.34. The quantitative estimate of drug-likeness (QED) is 0.803. The largest absolute Gasteiger partial charge is 0.493 e. The summed E-state index contributed by atoms with van der Waals surface area (Å²) in [5.41, 5.74) is -0.410. The second-order valence-electron chi connectivity index (χ2n) is 8.23. The molecule has 2 atom stereocenters. The maximum atomic E-state index is 14.0. The second kappa shape index (κ2) is 8.30. The van der Waals surface area contributed by atoms with Crippen LogP contribution in [0.15, 0.2) is 54.6 Å². The standard InChI is InChI=1S/C23H25F3N2O2/c24-23(25,26)22(10-11-28(16-22)14-17-6-2-1-3-7-17)21(29)27-13-18-12-19-8-4-5-9-20(19)30-15-18/h1-9,18H,10-16H2,(H,27,29). The average molecular weight is 418 g/mol. The topological polar surface area (TPSA) is 41.6 Å². The minimum absolute atomic E-state index is 0.0454. The smallest absolute Gasteiger partial charge is 0.404 e. The maximum Gasteiger partial charge on any atom is 0.404 e. The van der Waals surface area contributed by atoms with Crippen LogP contribution in [0, 0.1) is 11.3 Å². The van der Waals surface area contributed by atoms with E-state index in [-0.39, 0.29) is 32.0 Å². The highest BCUT2D eigenvalue weighted by atomic mass is 19.4. The zero-order valence-electron chi connectivity index (χ0n) is 16.6. The number of nitrogens with one attached hydrogen (secondary N) is 1. The van der Waals surface area contributed by atoms with Gasteiger partial charge in [0.05, 0.1) is 6.61 Å². The van der Waals surface area contributed by atoms with Crippen LogP contribution >= 0.6 is 0 Å². The zero-order chi connectivity index (χ0) is 21.2. The van der Waals surface area contributed by atoms with E-state index in [0.29, 0.717) is 19.6 Å². The summed E-state index contributed by atoms with van der Waals surface area (Å²) < 4.78 is 47.8. The number of benzene rings is 2. The van der Waals surface area contributed by atoms with Crippen LogP contribution in [0.4, 0.5) is 13.2 Å². The Morgan fingerprint density at radius 1 is 1.13 bits per heavy atom. The van der Waals surface area contributed by atoms with Gasteiger partial charge in [-0.05, 0) is 36.6 Å². The van der Waals surface area contributed by atoms with Crippen LogP contribution in [0.25, 0.3) is 0 Å². The molecule has 2 unspecified atom stereocenters. The molecule has 1 saturated heterocycles. The highest BCUT2D eigenvalue weighted by molar-refractivity contribution is 5.84. The molecule has 1 fully saturated rings. The zero-order valence-corrected chi connectivity index (χ0v) is 16.6. The van der Waals surface area contributed by atoms with Gasteiger partial charge in [0.25, 0.3) is 0 Å². The van der Waals surface area contributed by atoms with Gasteiger partial charge in [-0.25, -0.2) is 0 Å². The SMILES string of the molecule is O=C(NCC1COc2ccccc2C1)C1(C(F)(F)F)CCN(Cc2ccccc2)C1. The minimum atomic E-state index is -4.60. The molecule has 0 radical (unpaired) electrons. The first-order valence-electron chi connectivity index (χ1n) is 10.2. The van der Waals surface area contributed by atoms with Crippen LogP contribution in [0.5, 0.6) is 5.75 Å². The summed E-state index contributed by atoms with van der Waals surface area (Å²) in [6, 6.07) is 17.0. The molecule has 30 heavy (non-hydrogen) atoms. The molecule has 2 aliphatic heterocycles. The molecule has 1 amide bonds. The van der Waals surface area contributed by atoms with Crippen LogP contribution in [0.2, 0.25) is 0 Å². The number of nitrogens with zero attached hydrogens (tertiary/aromatic N) is 1. The van der Waals surface area contributed by atoms with Gasteiger partial charge >= 0.3 is 6.18 Å². The van der Waals surface area contributed by atoms with Crippen LogP contribution < -0.4 is 10.1 Å².